The van der Waals surface area contributed by atoms with Crippen molar-refractivity contribution in [1.29, 1.82) is 0 Å². The summed E-state index contributed by atoms with van der Waals surface area (Å²) in [5, 5.41) is 9.58. The monoisotopic (exact) mass is 344 g/mol. The second kappa shape index (κ2) is 6.45. The zero-order chi connectivity index (χ0) is 17.3. The summed E-state index contributed by atoms with van der Waals surface area (Å²) in [6, 6.07) is 7.66. The van der Waals surface area contributed by atoms with Gasteiger partial charge in [0.05, 0.1) is 18.8 Å². The van der Waals surface area contributed by atoms with Crippen molar-refractivity contribution < 1.29 is 14.6 Å². The van der Waals surface area contributed by atoms with Crippen molar-refractivity contribution in [1.82, 2.24) is 9.55 Å². The van der Waals surface area contributed by atoms with Crippen LogP contribution in [0.15, 0.2) is 35.4 Å². The molecule has 0 bridgehead atoms. The lowest BCUT2D eigenvalue weighted by molar-refractivity contribution is 0.0701. The van der Waals surface area contributed by atoms with Gasteiger partial charge in [0.25, 0.3) is 5.56 Å². The third kappa shape index (κ3) is 2.90. The third-order valence-corrected chi connectivity index (χ3v) is 5.10. The highest BCUT2D eigenvalue weighted by Crippen LogP contribution is 2.26. The number of carbonyl (C=O) groups is 1. The predicted octanol–water partition coefficient (Wildman–Crippen LogP) is 2.72. The maximum Gasteiger partial charge on any atom is 0.346 e. The van der Waals surface area contributed by atoms with Gasteiger partial charge in [-0.1, -0.05) is 12.1 Å². The molecule has 2 aromatic heterocycles. The topological polar surface area (TPSA) is 81.4 Å². The summed E-state index contributed by atoms with van der Waals surface area (Å²) < 4.78 is 6.65. The number of carboxylic acids is 1. The summed E-state index contributed by atoms with van der Waals surface area (Å²) >= 11 is 1.04. The maximum absolute atomic E-state index is 12.6. The Kier molecular flexibility index (Phi) is 4.35. The van der Waals surface area contributed by atoms with Gasteiger partial charge < -0.3 is 9.84 Å². The van der Waals surface area contributed by atoms with E-state index in [1.165, 1.54) is 10.9 Å². The molecule has 24 heavy (non-hydrogen) atoms. The van der Waals surface area contributed by atoms with Gasteiger partial charge in [0.2, 0.25) is 0 Å². The van der Waals surface area contributed by atoms with Crippen LogP contribution in [-0.2, 0) is 13.0 Å². The molecular weight excluding hydrogens is 328 g/mol. The number of aryl methyl sites for hydroxylation is 3. The van der Waals surface area contributed by atoms with E-state index in [-0.39, 0.29) is 10.4 Å². The van der Waals surface area contributed by atoms with Gasteiger partial charge in [-0.15, -0.1) is 11.3 Å². The molecule has 0 unspecified atom stereocenters. The molecule has 2 heterocycles. The average Bonchev–Trinajstić information content (AvgIpc) is 2.92. The summed E-state index contributed by atoms with van der Waals surface area (Å²) in [7, 11) is 1.62. The summed E-state index contributed by atoms with van der Waals surface area (Å²) in [5.74, 6) is -0.242. The van der Waals surface area contributed by atoms with Crippen molar-refractivity contribution >= 4 is 27.5 Å². The lowest BCUT2D eigenvalue weighted by atomic mass is 10.1. The first kappa shape index (κ1) is 16.2. The van der Waals surface area contributed by atoms with Gasteiger partial charge in [0.15, 0.2) is 0 Å². The highest BCUT2D eigenvalue weighted by atomic mass is 32.1. The highest BCUT2D eigenvalue weighted by molar-refractivity contribution is 7.20. The smallest absolute Gasteiger partial charge is 0.346 e. The molecule has 3 rings (SSSR count). The summed E-state index contributed by atoms with van der Waals surface area (Å²) in [4.78, 5) is 28.7. The molecule has 7 heteroatoms. The molecule has 0 amide bonds. The molecule has 0 atom stereocenters. The Hall–Kier alpha value is -2.67. The van der Waals surface area contributed by atoms with Crippen molar-refractivity contribution in [2.45, 2.75) is 19.9 Å². The number of thiophene rings is 1. The Labute approximate surface area is 142 Å². The molecular formula is C17H16N2O4S. The van der Waals surface area contributed by atoms with E-state index in [0.29, 0.717) is 28.7 Å². The molecule has 1 aromatic carbocycles. The lowest BCUT2D eigenvalue weighted by Gasteiger charge is -2.06. The van der Waals surface area contributed by atoms with Crippen molar-refractivity contribution in [3.8, 4) is 5.75 Å². The number of hydrogen-bond donors (Lipinski definition) is 1. The number of benzene rings is 1. The minimum atomic E-state index is -1.03. The number of nitrogens with zero attached hydrogens (tertiary/aromatic N) is 2. The van der Waals surface area contributed by atoms with Gasteiger partial charge in [0, 0.05) is 6.54 Å². The van der Waals surface area contributed by atoms with E-state index in [0.717, 1.165) is 22.6 Å². The number of aromatic nitrogens is 2. The van der Waals surface area contributed by atoms with Gasteiger partial charge in [0.1, 0.15) is 15.5 Å². The van der Waals surface area contributed by atoms with E-state index in [1.807, 2.05) is 24.3 Å². The van der Waals surface area contributed by atoms with E-state index in [1.54, 1.807) is 14.0 Å². The van der Waals surface area contributed by atoms with Crippen molar-refractivity contribution in [2.75, 3.05) is 7.11 Å². The SMILES string of the molecule is COc1ccc(CCn2cnc3sc(C(=O)O)c(C)c3c2=O)cc1. The van der Waals surface area contributed by atoms with Crippen LogP contribution in [0.1, 0.15) is 20.8 Å². The zero-order valence-corrected chi connectivity index (χ0v) is 14.1. The minimum Gasteiger partial charge on any atom is -0.497 e. The van der Waals surface area contributed by atoms with Gasteiger partial charge in [-0.3, -0.25) is 9.36 Å². The Morgan fingerprint density at radius 1 is 1.33 bits per heavy atom. The normalized spacial score (nSPS) is 10.9. The molecule has 0 saturated carbocycles. The van der Waals surface area contributed by atoms with Crippen molar-refractivity contribution in [2.24, 2.45) is 0 Å². The molecule has 1 N–H and O–H groups in total. The summed E-state index contributed by atoms with van der Waals surface area (Å²) in [5.41, 5.74) is 1.37. The Balaban J connectivity index is 1.89. The Morgan fingerprint density at radius 2 is 2.04 bits per heavy atom. The molecule has 0 aliphatic rings. The molecule has 0 radical (unpaired) electrons. The fraction of sp³-hybridized carbons (Fsp3) is 0.235. The number of aromatic carboxylic acids is 1. The average molecular weight is 344 g/mol. The van der Waals surface area contributed by atoms with Crippen molar-refractivity contribution in [3.05, 3.63) is 57.0 Å². The number of ether oxygens (including phenoxy) is 1. The van der Waals surface area contributed by atoms with Gasteiger partial charge >= 0.3 is 5.97 Å². The van der Waals surface area contributed by atoms with Gasteiger partial charge in [-0.2, -0.15) is 0 Å². The predicted molar refractivity (Wildman–Crippen MR) is 92.3 cm³/mol. The lowest BCUT2D eigenvalue weighted by Crippen LogP contribution is -2.21. The molecule has 0 aliphatic heterocycles. The Bertz CT molecular complexity index is 957. The van der Waals surface area contributed by atoms with E-state index in [4.69, 9.17) is 4.74 Å². The van der Waals surface area contributed by atoms with Crippen LogP contribution in [0, 0.1) is 6.92 Å². The summed E-state index contributed by atoms with van der Waals surface area (Å²) in [6.07, 6.45) is 2.15. The molecule has 0 aliphatic carbocycles. The fourth-order valence-electron chi connectivity index (χ4n) is 2.56. The van der Waals surface area contributed by atoms with Gasteiger partial charge in [-0.25, -0.2) is 9.78 Å². The molecule has 3 aromatic rings. The standard InChI is InChI=1S/C17H16N2O4S/c1-10-13-15(24-14(10)17(21)22)18-9-19(16(13)20)8-7-11-3-5-12(23-2)6-4-11/h3-6,9H,7-8H2,1-2H3,(H,21,22). The number of fused-ring (bicyclic) bond motifs is 1. The van der Waals surface area contributed by atoms with Crippen LogP contribution in [0.25, 0.3) is 10.2 Å². The summed E-state index contributed by atoms with van der Waals surface area (Å²) in [6.45, 7) is 2.13. The first-order valence-electron chi connectivity index (χ1n) is 7.36. The van der Waals surface area contributed by atoms with Crippen molar-refractivity contribution in [3.63, 3.8) is 0 Å². The van der Waals surface area contributed by atoms with Crippen LogP contribution in [0.4, 0.5) is 0 Å². The van der Waals surface area contributed by atoms with E-state index in [2.05, 4.69) is 4.98 Å². The van der Waals surface area contributed by atoms with Gasteiger partial charge in [-0.05, 0) is 36.6 Å². The van der Waals surface area contributed by atoms with Crippen LogP contribution >= 0.6 is 11.3 Å². The van der Waals surface area contributed by atoms with E-state index >= 15 is 0 Å². The van der Waals surface area contributed by atoms with Crippen LogP contribution < -0.4 is 10.3 Å². The number of carboxylic acid groups (broad SMARTS) is 1. The zero-order valence-electron chi connectivity index (χ0n) is 13.3. The second-order valence-electron chi connectivity index (χ2n) is 5.38. The van der Waals surface area contributed by atoms with Crippen LogP contribution in [0.2, 0.25) is 0 Å². The van der Waals surface area contributed by atoms with Crippen LogP contribution in [0.3, 0.4) is 0 Å². The largest absolute Gasteiger partial charge is 0.497 e. The fourth-order valence-corrected chi connectivity index (χ4v) is 3.54. The van der Waals surface area contributed by atoms with E-state index < -0.39 is 5.97 Å². The second-order valence-corrected chi connectivity index (χ2v) is 6.38. The first-order valence-corrected chi connectivity index (χ1v) is 8.17. The number of hydrogen-bond acceptors (Lipinski definition) is 5. The molecule has 0 spiro atoms. The van der Waals surface area contributed by atoms with E-state index in [9.17, 15) is 14.7 Å². The molecule has 0 saturated heterocycles. The minimum absolute atomic E-state index is 0.169. The number of methoxy groups -OCH3 is 1. The first-order chi connectivity index (χ1) is 11.5. The quantitative estimate of drug-likeness (QED) is 0.770. The maximum atomic E-state index is 12.6. The highest BCUT2D eigenvalue weighted by Gasteiger charge is 2.18. The molecule has 6 nitrogen and oxygen atoms in total. The molecule has 124 valence electrons. The van der Waals surface area contributed by atoms with Crippen LogP contribution in [-0.4, -0.2) is 27.7 Å². The third-order valence-electron chi connectivity index (χ3n) is 3.91. The Morgan fingerprint density at radius 3 is 2.67 bits per heavy atom. The van der Waals surface area contributed by atoms with Crippen LogP contribution in [0.5, 0.6) is 5.75 Å². The number of rotatable bonds is 5. The molecule has 0 fully saturated rings.